The molecule has 0 bridgehead atoms. The first-order chi connectivity index (χ1) is 9.20. The fourth-order valence-electron chi connectivity index (χ4n) is 2.26. The molecule has 0 radical (unpaired) electrons. The van der Waals surface area contributed by atoms with E-state index in [0.29, 0.717) is 24.6 Å². The normalized spacial score (nSPS) is 16.7. The third-order valence-corrected chi connectivity index (χ3v) is 3.47. The van der Waals surface area contributed by atoms with Crippen LogP contribution in [0.3, 0.4) is 0 Å². The molecule has 6 nitrogen and oxygen atoms in total. The third-order valence-electron chi connectivity index (χ3n) is 3.47. The Balaban J connectivity index is 1.91. The van der Waals surface area contributed by atoms with Crippen molar-refractivity contribution in [3.63, 3.8) is 0 Å². The molecule has 2 rings (SSSR count). The van der Waals surface area contributed by atoms with E-state index in [4.69, 9.17) is 4.74 Å². The summed E-state index contributed by atoms with van der Waals surface area (Å²) in [4.78, 5) is 25.4. The molecule has 1 aromatic rings. The van der Waals surface area contributed by atoms with Crippen molar-refractivity contribution in [3.8, 4) is 0 Å². The van der Waals surface area contributed by atoms with E-state index in [2.05, 4.69) is 10.3 Å². The van der Waals surface area contributed by atoms with Crippen molar-refractivity contribution in [1.82, 2.24) is 14.9 Å². The number of aromatic nitrogens is 2. The molecular weight excluding hydrogens is 246 g/mol. The van der Waals surface area contributed by atoms with Gasteiger partial charge in [-0.25, -0.2) is 4.79 Å². The van der Waals surface area contributed by atoms with Crippen LogP contribution in [0.15, 0.2) is 15.8 Å². The van der Waals surface area contributed by atoms with Crippen molar-refractivity contribution in [2.24, 2.45) is 0 Å². The van der Waals surface area contributed by atoms with Crippen LogP contribution in [0, 0.1) is 0 Å². The summed E-state index contributed by atoms with van der Waals surface area (Å²) in [5, 5.41) is 3.42. The van der Waals surface area contributed by atoms with Gasteiger partial charge in [0.25, 0.3) is 5.56 Å². The van der Waals surface area contributed by atoms with Gasteiger partial charge in [-0.05, 0) is 19.3 Å². The van der Waals surface area contributed by atoms with Gasteiger partial charge in [0.2, 0.25) is 0 Å². The largest absolute Gasteiger partial charge is 0.381 e. The maximum Gasteiger partial charge on any atom is 0.328 e. The molecule has 1 saturated heterocycles. The van der Waals surface area contributed by atoms with Crippen LogP contribution in [-0.4, -0.2) is 35.4 Å². The number of aromatic amines is 1. The van der Waals surface area contributed by atoms with Crippen LogP contribution in [0.25, 0.3) is 0 Å². The van der Waals surface area contributed by atoms with Gasteiger partial charge < -0.3 is 10.1 Å². The van der Waals surface area contributed by atoms with Crippen LogP contribution < -0.4 is 16.6 Å². The minimum Gasteiger partial charge on any atom is -0.381 e. The zero-order valence-corrected chi connectivity index (χ0v) is 11.3. The van der Waals surface area contributed by atoms with Crippen LogP contribution >= 0.6 is 0 Å². The molecule has 1 aromatic heterocycles. The Morgan fingerprint density at radius 1 is 1.42 bits per heavy atom. The van der Waals surface area contributed by atoms with Gasteiger partial charge in [-0.15, -0.1) is 0 Å². The number of hydrogen-bond donors (Lipinski definition) is 2. The first-order valence-corrected chi connectivity index (χ1v) is 6.84. The first kappa shape index (κ1) is 14.0. The molecule has 1 aliphatic heterocycles. The average molecular weight is 267 g/mol. The number of ether oxygens (including phenoxy) is 1. The Kier molecular flexibility index (Phi) is 4.93. The highest BCUT2D eigenvalue weighted by Gasteiger charge is 2.12. The number of aryl methyl sites for hydroxylation is 1. The summed E-state index contributed by atoms with van der Waals surface area (Å²) in [6, 6.07) is 0.470. The zero-order valence-electron chi connectivity index (χ0n) is 11.3. The van der Waals surface area contributed by atoms with E-state index in [1.807, 2.05) is 6.92 Å². The van der Waals surface area contributed by atoms with Crippen LogP contribution in [0.2, 0.25) is 0 Å². The lowest BCUT2D eigenvalue weighted by molar-refractivity contribution is 0.0778. The SMILES string of the molecule is CCc1cn(CCNC2CCOCC2)c(=O)[nH]c1=O. The number of hydrogen-bond acceptors (Lipinski definition) is 4. The first-order valence-electron chi connectivity index (χ1n) is 6.84. The van der Waals surface area contributed by atoms with Gasteiger partial charge in [0.05, 0.1) is 0 Å². The van der Waals surface area contributed by atoms with Crippen LogP contribution in [0.1, 0.15) is 25.3 Å². The molecule has 1 aliphatic rings. The highest BCUT2D eigenvalue weighted by Crippen LogP contribution is 2.05. The Bertz CT molecular complexity index is 515. The average Bonchev–Trinajstić information content (AvgIpc) is 2.42. The summed E-state index contributed by atoms with van der Waals surface area (Å²) in [6.07, 6.45) is 4.32. The molecule has 0 unspecified atom stereocenters. The maximum absolute atomic E-state index is 11.6. The summed E-state index contributed by atoms with van der Waals surface area (Å²) in [5.74, 6) is 0. The number of rotatable bonds is 5. The van der Waals surface area contributed by atoms with E-state index in [9.17, 15) is 9.59 Å². The van der Waals surface area contributed by atoms with Crippen molar-refractivity contribution in [3.05, 3.63) is 32.6 Å². The molecule has 0 amide bonds. The lowest BCUT2D eigenvalue weighted by atomic mass is 10.1. The number of nitrogens with one attached hydrogen (secondary N) is 2. The Hall–Kier alpha value is -1.40. The predicted octanol–water partition coefficient (Wildman–Crippen LogP) is -0.132. The van der Waals surface area contributed by atoms with Crippen LogP contribution in [0.4, 0.5) is 0 Å². The molecule has 0 atom stereocenters. The number of nitrogens with zero attached hydrogens (tertiary/aromatic N) is 1. The molecule has 0 aliphatic carbocycles. The highest BCUT2D eigenvalue weighted by molar-refractivity contribution is 5.03. The summed E-state index contributed by atoms with van der Waals surface area (Å²) < 4.78 is 6.85. The van der Waals surface area contributed by atoms with Crippen molar-refractivity contribution in [2.45, 2.75) is 38.8 Å². The second-order valence-electron chi connectivity index (χ2n) is 4.80. The minimum absolute atomic E-state index is 0.277. The molecule has 106 valence electrons. The smallest absolute Gasteiger partial charge is 0.328 e. The van der Waals surface area contributed by atoms with Crippen LogP contribution in [-0.2, 0) is 17.7 Å². The zero-order chi connectivity index (χ0) is 13.7. The molecule has 19 heavy (non-hydrogen) atoms. The Labute approximate surface area is 111 Å². The van der Waals surface area contributed by atoms with E-state index in [-0.39, 0.29) is 11.2 Å². The van der Waals surface area contributed by atoms with Crippen molar-refractivity contribution < 1.29 is 4.74 Å². The minimum atomic E-state index is -0.337. The molecule has 0 spiro atoms. The molecule has 0 saturated carbocycles. The Morgan fingerprint density at radius 3 is 2.84 bits per heavy atom. The summed E-state index contributed by atoms with van der Waals surface area (Å²) >= 11 is 0. The van der Waals surface area contributed by atoms with Gasteiger partial charge in [-0.1, -0.05) is 6.92 Å². The van der Waals surface area contributed by atoms with Gasteiger partial charge in [-0.2, -0.15) is 0 Å². The van der Waals surface area contributed by atoms with E-state index in [0.717, 1.165) is 32.6 Å². The second kappa shape index (κ2) is 6.68. The second-order valence-corrected chi connectivity index (χ2v) is 4.80. The fourth-order valence-corrected chi connectivity index (χ4v) is 2.26. The monoisotopic (exact) mass is 267 g/mol. The number of H-pyrrole nitrogens is 1. The molecule has 2 heterocycles. The van der Waals surface area contributed by atoms with E-state index in [1.165, 1.54) is 0 Å². The van der Waals surface area contributed by atoms with Crippen molar-refractivity contribution in [1.29, 1.82) is 0 Å². The standard InChI is InChI=1S/C13H21N3O3/c1-2-10-9-16(13(18)15-12(10)17)6-5-14-11-3-7-19-8-4-11/h9,11,14H,2-8H2,1H3,(H,15,17,18). The van der Waals surface area contributed by atoms with E-state index < -0.39 is 0 Å². The van der Waals surface area contributed by atoms with Crippen molar-refractivity contribution in [2.75, 3.05) is 19.8 Å². The molecule has 6 heteroatoms. The molecule has 1 fully saturated rings. The highest BCUT2D eigenvalue weighted by atomic mass is 16.5. The summed E-state index contributed by atoms with van der Waals surface area (Å²) in [7, 11) is 0. The predicted molar refractivity (Wildman–Crippen MR) is 72.5 cm³/mol. The third kappa shape index (κ3) is 3.78. The molecular formula is C13H21N3O3. The quantitative estimate of drug-likeness (QED) is 0.779. The molecule has 2 N–H and O–H groups in total. The fraction of sp³-hybridized carbons (Fsp3) is 0.692. The Morgan fingerprint density at radius 2 is 2.16 bits per heavy atom. The summed E-state index contributed by atoms with van der Waals surface area (Å²) in [6.45, 7) is 4.80. The van der Waals surface area contributed by atoms with Gasteiger partial charge >= 0.3 is 5.69 Å². The maximum atomic E-state index is 11.6. The molecule has 0 aromatic carbocycles. The van der Waals surface area contributed by atoms with Gasteiger partial charge in [0.1, 0.15) is 0 Å². The summed E-state index contributed by atoms with van der Waals surface area (Å²) in [5.41, 5.74) is 0.0304. The van der Waals surface area contributed by atoms with E-state index in [1.54, 1.807) is 10.8 Å². The van der Waals surface area contributed by atoms with Crippen LogP contribution in [0.5, 0.6) is 0 Å². The lowest BCUT2D eigenvalue weighted by Crippen LogP contribution is -2.39. The van der Waals surface area contributed by atoms with E-state index >= 15 is 0 Å². The van der Waals surface area contributed by atoms with Gasteiger partial charge in [0.15, 0.2) is 0 Å². The topological polar surface area (TPSA) is 76.1 Å². The lowest BCUT2D eigenvalue weighted by Gasteiger charge is -2.23. The van der Waals surface area contributed by atoms with Crippen molar-refractivity contribution >= 4 is 0 Å². The van der Waals surface area contributed by atoms with Gasteiger partial charge in [-0.3, -0.25) is 14.3 Å². The van der Waals surface area contributed by atoms with Gasteiger partial charge in [0, 0.05) is 44.1 Å².